The molecule has 1 unspecified atom stereocenters. The Morgan fingerprint density at radius 3 is 2.76 bits per heavy atom. The minimum Gasteiger partial charge on any atom is -0.480 e. The quantitative estimate of drug-likeness (QED) is 0.732. The first-order valence-electron chi connectivity index (χ1n) is 5.76. The molecule has 1 atom stereocenters. The Bertz CT molecular complexity index is 325. The molecule has 2 N–H and O–H groups in total. The van der Waals surface area contributed by atoms with E-state index in [9.17, 15) is 4.79 Å². The molecule has 1 aromatic heterocycles. The number of nitrogens with zero attached hydrogens (tertiary/aromatic N) is 2. The third-order valence-electron chi connectivity index (χ3n) is 2.65. The molecule has 1 rings (SSSR count). The van der Waals surface area contributed by atoms with Crippen LogP contribution in [0, 0.1) is 0 Å². The molecule has 0 fully saturated rings. The molecule has 0 aliphatic rings. The zero-order valence-corrected chi connectivity index (χ0v) is 11.0. The van der Waals surface area contributed by atoms with Crippen molar-refractivity contribution in [3.63, 3.8) is 0 Å². The van der Waals surface area contributed by atoms with Crippen molar-refractivity contribution in [2.75, 3.05) is 26.2 Å². The van der Waals surface area contributed by atoms with Crippen molar-refractivity contribution in [3.05, 3.63) is 16.6 Å². The van der Waals surface area contributed by atoms with Crippen LogP contribution in [0.15, 0.2) is 11.7 Å². The van der Waals surface area contributed by atoms with Crippen LogP contribution in [0.25, 0.3) is 0 Å². The predicted molar refractivity (Wildman–Crippen MR) is 68.3 cm³/mol. The molecule has 0 aromatic carbocycles. The summed E-state index contributed by atoms with van der Waals surface area (Å²) in [7, 11) is 0. The van der Waals surface area contributed by atoms with Gasteiger partial charge in [-0.15, -0.1) is 11.3 Å². The van der Waals surface area contributed by atoms with Gasteiger partial charge in [-0.25, -0.2) is 0 Å². The fraction of sp³-hybridized carbons (Fsp3) is 0.636. The van der Waals surface area contributed by atoms with Crippen LogP contribution in [0.1, 0.15) is 24.8 Å². The van der Waals surface area contributed by atoms with Gasteiger partial charge in [-0.1, -0.05) is 13.8 Å². The Morgan fingerprint density at radius 1 is 1.59 bits per heavy atom. The number of rotatable bonds is 8. The van der Waals surface area contributed by atoms with Crippen molar-refractivity contribution in [3.8, 4) is 0 Å². The maximum absolute atomic E-state index is 11.1. The summed E-state index contributed by atoms with van der Waals surface area (Å²) < 4.78 is 0. The van der Waals surface area contributed by atoms with E-state index < -0.39 is 12.0 Å². The number of likely N-dealkylation sites (N-methyl/N-ethyl adjacent to an activating group) is 1. The molecule has 5 nitrogen and oxygen atoms in total. The number of nitrogens with one attached hydrogen (secondary N) is 1. The second-order valence-electron chi connectivity index (χ2n) is 3.66. The highest BCUT2D eigenvalue weighted by molar-refractivity contribution is 7.09. The predicted octanol–water partition coefficient (Wildman–Crippen LogP) is 1.20. The Balaban J connectivity index is 2.44. The molecular formula is C11H19N3O2S. The second-order valence-corrected chi connectivity index (χ2v) is 4.57. The summed E-state index contributed by atoms with van der Waals surface area (Å²) in [4.78, 5) is 18.0. The number of hydrogen-bond acceptors (Lipinski definition) is 5. The monoisotopic (exact) mass is 257 g/mol. The van der Waals surface area contributed by atoms with E-state index in [1.807, 2.05) is 0 Å². The molecule has 17 heavy (non-hydrogen) atoms. The molecule has 0 saturated carbocycles. The smallest absolute Gasteiger partial charge is 0.326 e. The third-order valence-corrected chi connectivity index (χ3v) is 3.49. The van der Waals surface area contributed by atoms with Gasteiger partial charge in [0.25, 0.3) is 0 Å². The average molecular weight is 257 g/mol. The summed E-state index contributed by atoms with van der Waals surface area (Å²) in [6.45, 7) is 7.68. The first-order valence-corrected chi connectivity index (χ1v) is 6.63. The number of aromatic nitrogens is 1. The van der Waals surface area contributed by atoms with Crippen LogP contribution in [0.2, 0.25) is 0 Å². The number of aliphatic carboxylic acids is 1. The summed E-state index contributed by atoms with van der Waals surface area (Å²) in [6, 6.07) is -0.641. The largest absolute Gasteiger partial charge is 0.480 e. The van der Waals surface area contributed by atoms with Crippen LogP contribution >= 0.6 is 11.3 Å². The maximum Gasteiger partial charge on any atom is 0.326 e. The van der Waals surface area contributed by atoms with Crippen LogP contribution in [-0.4, -0.2) is 47.1 Å². The van der Waals surface area contributed by atoms with Crippen molar-refractivity contribution in [1.29, 1.82) is 0 Å². The molecule has 0 amide bonds. The summed E-state index contributed by atoms with van der Waals surface area (Å²) in [6.07, 6.45) is 1.61. The van der Waals surface area contributed by atoms with Crippen LogP contribution in [-0.2, 0) is 4.79 Å². The molecule has 1 aromatic rings. The van der Waals surface area contributed by atoms with Crippen molar-refractivity contribution in [2.45, 2.75) is 19.9 Å². The van der Waals surface area contributed by atoms with Gasteiger partial charge in [-0.3, -0.25) is 15.1 Å². The average Bonchev–Trinajstić information content (AvgIpc) is 2.82. The Labute approximate surface area is 105 Å². The van der Waals surface area contributed by atoms with E-state index in [-0.39, 0.29) is 0 Å². The minimum absolute atomic E-state index is 0.641. The first-order chi connectivity index (χ1) is 8.19. The van der Waals surface area contributed by atoms with E-state index in [2.05, 4.69) is 29.0 Å². The lowest BCUT2D eigenvalue weighted by Crippen LogP contribution is -2.36. The number of carboxylic acids is 1. The number of hydrogen-bond donors (Lipinski definition) is 2. The molecular weight excluding hydrogens is 238 g/mol. The zero-order chi connectivity index (χ0) is 12.7. The molecule has 0 aliphatic carbocycles. The lowest BCUT2D eigenvalue weighted by molar-refractivity contribution is -0.139. The summed E-state index contributed by atoms with van der Waals surface area (Å²) in [5.41, 5.74) is 1.65. The maximum atomic E-state index is 11.1. The molecule has 0 aliphatic heterocycles. The second kappa shape index (κ2) is 7.37. The van der Waals surface area contributed by atoms with Gasteiger partial charge < -0.3 is 10.0 Å². The standard InChI is InChI=1S/C11H19N3O2S/c1-3-14(4-2)6-5-13-10(11(15)16)9-7-12-8-17-9/h7-8,10,13H,3-6H2,1-2H3,(H,15,16). The number of thiazole rings is 1. The van der Waals surface area contributed by atoms with E-state index in [4.69, 9.17) is 5.11 Å². The Morgan fingerprint density at radius 2 is 2.29 bits per heavy atom. The van der Waals surface area contributed by atoms with E-state index in [0.717, 1.165) is 24.5 Å². The van der Waals surface area contributed by atoms with Gasteiger partial charge in [-0.2, -0.15) is 0 Å². The van der Waals surface area contributed by atoms with Gasteiger partial charge in [0.05, 0.1) is 10.4 Å². The Hall–Kier alpha value is -0.980. The number of carboxylic acid groups (broad SMARTS) is 1. The lowest BCUT2D eigenvalue weighted by atomic mass is 10.2. The van der Waals surface area contributed by atoms with E-state index in [1.54, 1.807) is 11.7 Å². The minimum atomic E-state index is -0.853. The van der Waals surface area contributed by atoms with Crippen molar-refractivity contribution in [1.82, 2.24) is 15.2 Å². The van der Waals surface area contributed by atoms with E-state index in [0.29, 0.717) is 6.54 Å². The topological polar surface area (TPSA) is 65.5 Å². The van der Waals surface area contributed by atoms with Crippen molar-refractivity contribution >= 4 is 17.3 Å². The lowest BCUT2D eigenvalue weighted by Gasteiger charge is -2.19. The van der Waals surface area contributed by atoms with Gasteiger partial charge in [-0.05, 0) is 13.1 Å². The molecule has 6 heteroatoms. The van der Waals surface area contributed by atoms with Crippen LogP contribution in [0.3, 0.4) is 0 Å². The van der Waals surface area contributed by atoms with Gasteiger partial charge >= 0.3 is 5.97 Å². The van der Waals surface area contributed by atoms with Crippen molar-refractivity contribution < 1.29 is 9.90 Å². The first kappa shape index (κ1) is 14.1. The fourth-order valence-electron chi connectivity index (χ4n) is 1.58. The molecule has 0 bridgehead atoms. The van der Waals surface area contributed by atoms with Gasteiger partial charge in [0.2, 0.25) is 0 Å². The summed E-state index contributed by atoms with van der Waals surface area (Å²) >= 11 is 1.36. The van der Waals surface area contributed by atoms with Gasteiger partial charge in [0.15, 0.2) is 0 Å². The highest BCUT2D eigenvalue weighted by atomic mass is 32.1. The summed E-state index contributed by atoms with van der Waals surface area (Å²) in [5.74, 6) is -0.853. The molecule has 0 saturated heterocycles. The third kappa shape index (κ3) is 4.41. The molecule has 0 radical (unpaired) electrons. The normalized spacial score (nSPS) is 12.9. The SMILES string of the molecule is CCN(CC)CCNC(C(=O)O)c1cncs1. The van der Waals surface area contributed by atoms with Crippen LogP contribution in [0.4, 0.5) is 0 Å². The Kier molecular flexibility index (Phi) is 6.10. The van der Waals surface area contributed by atoms with Gasteiger partial charge in [0, 0.05) is 19.3 Å². The van der Waals surface area contributed by atoms with Crippen LogP contribution in [0.5, 0.6) is 0 Å². The van der Waals surface area contributed by atoms with E-state index >= 15 is 0 Å². The highest BCUT2D eigenvalue weighted by Gasteiger charge is 2.20. The zero-order valence-electron chi connectivity index (χ0n) is 10.2. The van der Waals surface area contributed by atoms with E-state index in [1.165, 1.54) is 11.3 Å². The number of carbonyl (C=O) groups is 1. The summed E-state index contributed by atoms with van der Waals surface area (Å²) in [5, 5.41) is 12.2. The highest BCUT2D eigenvalue weighted by Crippen LogP contribution is 2.16. The van der Waals surface area contributed by atoms with Crippen LogP contribution < -0.4 is 5.32 Å². The fourth-order valence-corrected chi connectivity index (χ4v) is 2.27. The molecule has 0 spiro atoms. The van der Waals surface area contributed by atoms with Gasteiger partial charge in [0.1, 0.15) is 6.04 Å². The molecule has 1 heterocycles. The van der Waals surface area contributed by atoms with Crippen molar-refractivity contribution in [2.24, 2.45) is 0 Å². The molecule has 96 valence electrons.